The topological polar surface area (TPSA) is 57.8 Å². The van der Waals surface area contributed by atoms with Gasteiger partial charge in [0.15, 0.2) is 23.2 Å². The van der Waals surface area contributed by atoms with Crippen LogP contribution in [0, 0.1) is 13.5 Å². The molecule has 0 N–H and O–H groups in total. The van der Waals surface area contributed by atoms with Crippen molar-refractivity contribution in [3.8, 4) is 51.2 Å². The van der Waals surface area contributed by atoms with Crippen LogP contribution < -0.4 is 0 Å². The molecule has 0 amide bonds. The first-order chi connectivity index (χ1) is 32.6. The van der Waals surface area contributed by atoms with E-state index in [-0.39, 0.29) is 0 Å². The fourth-order valence-corrected chi connectivity index (χ4v) is 10.0. The molecular weight excluding hydrogens is 807 g/mol. The summed E-state index contributed by atoms with van der Waals surface area (Å²) in [6.07, 6.45) is 0. The first-order valence-corrected chi connectivity index (χ1v) is 22.1. The van der Waals surface area contributed by atoms with E-state index in [4.69, 9.17) is 21.5 Å². The van der Waals surface area contributed by atoms with Gasteiger partial charge in [-0.05, 0) is 73.7 Å². The van der Waals surface area contributed by atoms with Crippen LogP contribution in [0.2, 0.25) is 0 Å². The van der Waals surface area contributed by atoms with E-state index in [1.165, 1.54) is 21.7 Å². The molecule has 0 radical (unpaired) electrons. The second-order valence-electron chi connectivity index (χ2n) is 16.8. The highest BCUT2D eigenvalue weighted by Crippen LogP contribution is 2.50. The number of aromatic nitrogens is 6. The molecule has 7 nitrogen and oxygen atoms in total. The Morgan fingerprint density at radius 3 is 1.05 bits per heavy atom. The van der Waals surface area contributed by atoms with Gasteiger partial charge in [-0.2, -0.15) is 0 Å². The third-order valence-electron chi connectivity index (χ3n) is 12.9. The van der Waals surface area contributed by atoms with Crippen LogP contribution in [0.25, 0.3) is 121 Å². The standard InChI is InChI=1S/C59H37N7/c1-37-25-31-42(32-26-37)64-48-22-12-9-19-45(48)52-54(64)51-46-20-10-13-23-49(46)65(55(51)53-47-21-11-14-24-50(47)66(56(52)53)44-35-29-41(60-2)30-36-44)43-33-27-40(28-34-43)59-62-57(38-15-5-3-6-16-38)61-58(63-59)39-17-7-4-8-18-39/h3-36H,1H3. The molecule has 4 aromatic heterocycles. The van der Waals surface area contributed by atoms with Gasteiger partial charge in [0.1, 0.15) is 0 Å². The first-order valence-electron chi connectivity index (χ1n) is 22.1. The monoisotopic (exact) mass is 843 g/mol. The maximum atomic E-state index is 7.75. The predicted octanol–water partition coefficient (Wildman–Crippen LogP) is 15.0. The smallest absolute Gasteiger partial charge is 0.187 e. The summed E-state index contributed by atoms with van der Waals surface area (Å²) >= 11 is 0. The lowest BCUT2D eigenvalue weighted by Crippen LogP contribution is -2.00. The maximum Gasteiger partial charge on any atom is 0.187 e. The number of para-hydroxylation sites is 3. The summed E-state index contributed by atoms with van der Waals surface area (Å²) in [5.74, 6) is 1.86. The molecule has 66 heavy (non-hydrogen) atoms. The minimum absolute atomic E-state index is 0.607. The van der Waals surface area contributed by atoms with Crippen molar-refractivity contribution in [2.75, 3.05) is 0 Å². The SMILES string of the molecule is [C-]#[N+]c1ccc(-n2c3ccccc3c3c2c2c4ccccc4n(-c4ccc(C)cc4)c2c2c4ccccc4n(-c4ccc(-c5nc(-c6ccccc6)nc(-c6ccccc6)n5)cc4)c23)cc1. The van der Waals surface area contributed by atoms with E-state index in [1.54, 1.807) is 0 Å². The number of fused-ring (bicyclic) bond motifs is 12. The summed E-state index contributed by atoms with van der Waals surface area (Å²) in [5, 5.41) is 6.99. The summed E-state index contributed by atoms with van der Waals surface area (Å²) in [6.45, 7) is 9.89. The highest BCUT2D eigenvalue weighted by Gasteiger charge is 2.29. The molecule has 0 bridgehead atoms. The molecule has 0 spiro atoms. The van der Waals surface area contributed by atoms with Crippen molar-refractivity contribution in [1.29, 1.82) is 0 Å². The molecule has 0 fully saturated rings. The summed E-state index contributed by atoms with van der Waals surface area (Å²) < 4.78 is 7.32. The van der Waals surface area contributed by atoms with E-state index < -0.39 is 0 Å². The Bertz CT molecular complexity index is 4020. The van der Waals surface area contributed by atoms with Crippen molar-refractivity contribution in [1.82, 2.24) is 28.7 Å². The van der Waals surface area contributed by atoms with E-state index in [2.05, 4.69) is 159 Å². The van der Waals surface area contributed by atoms with Gasteiger partial charge in [-0.15, -0.1) is 0 Å². The Morgan fingerprint density at radius 1 is 0.348 bits per heavy atom. The van der Waals surface area contributed by atoms with E-state index in [0.29, 0.717) is 23.2 Å². The largest absolute Gasteiger partial charge is 0.309 e. The molecule has 0 aliphatic heterocycles. The van der Waals surface area contributed by atoms with Crippen molar-refractivity contribution in [2.24, 2.45) is 0 Å². The van der Waals surface area contributed by atoms with Crippen LogP contribution in [-0.2, 0) is 0 Å². The molecule has 13 aromatic rings. The van der Waals surface area contributed by atoms with Gasteiger partial charge < -0.3 is 13.7 Å². The van der Waals surface area contributed by atoms with Crippen molar-refractivity contribution in [2.45, 2.75) is 6.92 Å². The van der Waals surface area contributed by atoms with Gasteiger partial charge >= 0.3 is 0 Å². The molecule has 7 heteroatoms. The number of hydrogen-bond acceptors (Lipinski definition) is 3. The number of benzene rings is 9. The van der Waals surface area contributed by atoms with Gasteiger partial charge in [0.2, 0.25) is 0 Å². The summed E-state index contributed by atoms with van der Waals surface area (Å²) in [5.41, 5.74) is 14.4. The van der Waals surface area contributed by atoms with E-state index >= 15 is 0 Å². The Kier molecular flexibility index (Phi) is 8.36. The molecule has 0 saturated heterocycles. The van der Waals surface area contributed by atoms with Gasteiger partial charge in [-0.25, -0.2) is 19.8 Å². The third kappa shape index (κ3) is 5.65. The lowest BCUT2D eigenvalue weighted by Gasteiger charge is -2.14. The third-order valence-corrected chi connectivity index (χ3v) is 12.9. The van der Waals surface area contributed by atoms with E-state index in [9.17, 15) is 0 Å². The molecule has 4 heterocycles. The van der Waals surface area contributed by atoms with Crippen molar-refractivity contribution in [3.63, 3.8) is 0 Å². The fraction of sp³-hybridized carbons (Fsp3) is 0.0169. The summed E-state index contributed by atoms with van der Waals surface area (Å²) in [6, 6.07) is 72.1. The molecule has 0 unspecified atom stereocenters. The van der Waals surface area contributed by atoms with Crippen LogP contribution >= 0.6 is 0 Å². The van der Waals surface area contributed by atoms with Crippen LogP contribution in [-0.4, -0.2) is 28.7 Å². The van der Waals surface area contributed by atoms with Gasteiger partial charge in [0.25, 0.3) is 0 Å². The average Bonchev–Trinajstić information content (AvgIpc) is 4.03. The molecule has 0 atom stereocenters. The Labute approximate surface area is 379 Å². The minimum Gasteiger partial charge on any atom is -0.309 e. The van der Waals surface area contributed by atoms with Crippen molar-refractivity contribution < 1.29 is 0 Å². The maximum absolute atomic E-state index is 7.75. The number of nitrogens with zero attached hydrogens (tertiary/aromatic N) is 7. The van der Waals surface area contributed by atoms with Crippen LogP contribution in [0.4, 0.5) is 5.69 Å². The van der Waals surface area contributed by atoms with Crippen LogP contribution in [0.15, 0.2) is 206 Å². The molecule has 13 rings (SSSR count). The number of hydrogen-bond donors (Lipinski definition) is 0. The molecular formula is C59H37N7. The summed E-state index contributed by atoms with van der Waals surface area (Å²) in [4.78, 5) is 18.8. The van der Waals surface area contributed by atoms with Gasteiger partial charge in [0, 0.05) is 66.1 Å². The fourth-order valence-electron chi connectivity index (χ4n) is 10.0. The zero-order valence-electron chi connectivity index (χ0n) is 35.8. The Balaban J connectivity index is 1.16. The zero-order chi connectivity index (χ0) is 43.9. The molecule has 0 aliphatic rings. The van der Waals surface area contributed by atoms with Gasteiger partial charge in [0.05, 0.1) is 39.7 Å². The number of aryl methyl sites for hydroxylation is 1. The number of rotatable bonds is 6. The lowest BCUT2D eigenvalue weighted by atomic mass is 10.0. The Hall–Kier alpha value is -9.12. The first kappa shape index (κ1) is 37.4. The van der Waals surface area contributed by atoms with Crippen molar-refractivity contribution in [3.05, 3.63) is 223 Å². The zero-order valence-corrected chi connectivity index (χ0v) is 35.8. The lowest BCUT2D eigenvalue weighted by molar-refractivity contribution is 1.07. The molecule has 0 saturated carbocycles. The predicted molar refractivity (Wildman–Crippen MR) is 270 cm³/mol. The van der Waals surface area contributed by atoms with Crippen molar-refractivity contribution >= 4 is 71.1 Å². The molecule has 0 aliphatic carbocycles. The van der Waals surface area contributed by atoms with E-state index in [0.717, 1.165) is 83.0 Å². The quantitative estimate of drug-likeness (QED) is 0.157. The highest BCUT2D eigenvalue weighted by molar-refractivity contribution is 6.40. The highest BCUT2D eigenvalue weighted by atomic mass is 15.1. The van der Waals surface area contributed by atoms with E-state index in [1.807, 2.05) is 72.8 Å². The Morgan fingerprint density at radius 2 is 0.667 bits per heavy atom. The molecule has 9 aromatic carbocycles. The average molecular weight is 844 g/mol. The van der Waals surface area contributed by atoms with Crippen LogP contribution in [0.1, 0.15) is 5.56 Å². The normalized spacial score (nSPS) is 11.7. The minimum atomic E-state index is 0.607. The van der Waals surface area contributed by atoms with Crippen LogP contribution in [0.5, 0.6) is 0 Å². The molecule has 308 valence electrons. The summed E-state index contributed by atoms with van der Waals surface area (Å²) in [7, 11) is 0. The van der Waals surface area contributed by atoms with Crippen LogP contribution in [0.3, 0.4) is 0 Å². The van der Waals surface area contributed by atoms with Gasteiger partial charge in [-0.3, -0.25) is 0 Å². The van der Waals surface area contributed by atoms with Gasteiger partial charge in [-0.1, -0.05) is 145 Å². The second-order valence-corrected chi connectivity index (χ2v) is 16.8. The second kappa shape index (κ2) is 14.7.